The summed E-state index contributed by atoms with van der Waals surface area (Å²) in [6.07, 6.45) is 0.952. The van der Waals surface area contributed by atoms with Gasteiger partial charge in [0, 0.05) is 4.88 Å². The van der Waals surface area contributed by atoms with Gasteiger partial charge in [-0.15, -0.1) is 11.3 Å². The second kappa shape index (κ2) is 7.28. The van der Waals surface area contributed by atoms with Crippen molar-refractivity contribution in [3.63, 3.8) is 0 Å². The van der Waals surface area contributed by atoms with Gasteiger partial charge in [-0.3, -0.25) is 9.59 Å². The maximum Gasteiger partial charge on any atom is 0.262 e. The lowest BCUT2D eigenvalue weighted by Crippen LogP contribution is -2.22. The van der Waals surface area contributed by atoms with Crippen LogP contribution in [-0.4, -0.2) is 18.4 Å². The maximum atomic E-state index is 12.0. The first-order valence-corrected chi connectivity index (χ1v) is 8.15. The van der Waals surface area contributed by atoms with Gasteiger partial charge in [0.15, 0.2) is 6.61 Å². The number of ether oxygens (including phenoxy) is 1. The van der Waals surface area contributed by atoms with Crippen molar-refractivity contribution in [2.24, 2.45) is 5.73 Å². The van der Waals surface area contributed by atoms with Gasteiger partial charge >= 0.3 is 0 Å². The van der Waals surface area contributed by atoms with E-state index in [9.17, 15) is 9.59 Å². The smallest absolute Gasteiger partial charge is 0.262 e. The van der Waals surface area contributed by atoms with E-state index in [0.29, 0.717) is 16.3 Å². The van der Waals surface area contributed by atoms with Crippen LogP contribution in [0.4, 0.5) is 5.00 Å². The van der Waals surface area contributed by atoms with Crippen molar-refractivity contribution in [1.82, 2.24) is 0 Å². The van der Waals surface area contributed by atoms with E-state index in [-0.39, 0.29) is 12.5 Å². The van der Waals surface area contributed by atoms with Crippen molar-refractivity contribution in [2.75, 3.05) is 11.9 Å². The minimum atomic E-state index is -0.543. The molecule has 5 nitrogen and oxygen atoms in total. The number of aryl methyl sites for hydroxylation is 2. The Hall–Kier alpha value is -2.34. The molecule has 0 radical (unpaired) electrons. The predicted octanol–water partition coefficient (Wildman–Crippen LogP) is 3.04. The van der Waals surface area contributed by atoms with Gasteiger partial charge in [-0.25, -0.2) is 0 Å². The van der Waals surface area contributed by atoms with Crippen molar-refractivity contribution in [3.05, 3.63) is 45.8 Å². The summed E-state index contributed by atoms with van der Waals surface area (Å²) in [6.45, 7) is 5.64. The molecule has 0 saturated heterocycles. The molecule has 0 bridgehead atoms. The summed E-state index contributed by atoms with van der Waals surface area (Å²) in [6, 6.07) is 7.59. The van der Waals surface area contributed by atoms with Crippen molar-refractivity contribution in [2.45, 2.75) is 27.2 Å². The van der Waals surface area contributed by atoms with Gasteiger partial charge in [-0.05, 0) is 43.5 Å². The average molecular weight is 332 g/mol. The number of hydrogen-bond acceptors (Lipinski definition) is 4. The summed E-state index contributed by atoms with van der Waals surface area (Å²) in [7, 11) is 0. The summed E-state index contributed by atoms with van der Waals surface area (Å²) < 4.78 is 5.45. The monoisotopic (exact) mass is 332 g/mol. The zero-order valence-corrected chi connectivity index (χ0v) is 14.3. The van der Waals surface area contributed by atoms with E-state index in [1.54, 1.807) is 0 Å². The van der Waals surface area contributed by atoms with E-state index in [4.69, 9.17) is 10.5 Å². The van der Waals surface area contributed by atoms with Gasteiger partial charge in [0.25, 0.3) is 11.8 Å². The molecule has 23 heavy (non-hydrogen) atoms. The third-order valence-corrected chi connectivity index (χ3v) is 4.71. The van der Waals surface area contributed by atoms with E-state index in [1.165, 1.54) is 16.9 Å². The number of hydrogen-bond donors (Lipinski definition) is 2. The van der Waals surface area contributed by atoms with Crippen molar-refractivity contribution >= 4 is 28.2 Å². The standard InChI is InChI=1S/C17H20N2O3S/c1-4-12-5-7-13(8-6-12)22-9-14(20)19-17-15(16(18)21)10(2)11(3)23-17/h5-8H,4,9H2,1-3H3,(H2,18,21)(H,19,20). The Labute approximate surface area is 139 Å². The van der Waals surface area contributed by atoms with Gasteiger partial charge in [-0.2, -0.15) is 0 Å². The normalized spacial score (nSPS) is 10.4. The van der Waals surface area contributed by atoms with Crippen molar-refractivity contribution < 1.29 is 14.3 Å². The molecular weight excluding hydrogens is 312 g/mol. The van der Waals surface area contributed by atoms with E-state index in [0.717, 1.165) is 16.9 Å². The molecule has 0 spiro atoms. The number of rotatable bonds is 6. The molecule has 2 aromatic rings. The van der Waals surface area contributed by atoms with Gasteiger partial charge in [0.2, 0.25) is 0 Å². The van der Waals surface area contributed by atoms with Crippen LogP contribution in [0.1, 0.15) is 33.3 Å². The van der Waals surface area contributed by atoms with Gasteiger partial charge in [0.1, 0.15) is 10.8 Å². The molecule has 0 fully saturated rings. The summed E-state index contributed by atoms with van der Waals surface area (Å²) in [4.78, 5) is 24.5. The highest BCUT2D eigenvalue weighted by atomic mass is 32.1. The molecule has 0 aliphatic carbocycles. The first kappa shape index (κ1) is 17.0. The van der Waals surface area contributed by atoms with Crippen molar-refractivity contribution in [3.8, 4) is 5.75 Å². The predicted molar refractivity (Wildman–Crippen MR) is 92.3 cm³/mol. The number of primary amides is 1. The molecule has 2 rings (SSSR count). The molecule has 3 N–H and O–H groups in total. The number of benzene rings is 1. The summed E-state index contributed by atoms with van der Waals surface area (Å²) in [5.74, 6) is -0.238. The summed E-state index contributed by atoms with van der Waals surface area (Å²) >= 11 is 1.34. The van der Waals surface area contributed by atoms with Crippen LogP contribution >= 0.6 is 11.3 Å². The van der Waals surface area contributed by atoms with E-state index in [1.807, 2.05) is 38.1 Å². The molecule has 2 amide bonds. The Bertz CT molecular complexity index is 720. The highest BCUT2D eigenvalue weighted by Crippen LogP contribution is 2.31. The first-order chi connectivity index (χ1) is 10.9. The molecule has 0 aliphatic heterocycles. The van der Waals surface area contributed by atoms with Crippen LogP contribution in [0.2, 0.25) is 0 Å². The summed E-state index contributed by atoms with van der Waals surface area (Å²) in [5, 5.41) is 3.17. The minimum Gasteiger partial charge on any atom is -0.484 e. The Morgan fingerprint density at radius 2 is 1.87 bits per heavy atom. The van der Waals surface area contributed by atoms with E-state index >= 15 is 0 Å². The molecular formula is C17H20N2O3S. The number of thiophene rings is 1. The Kier molecular flexibility index (Phi) is 5.39. The van der Waals surface area contributed by atoms with Gasteiger partial charge < -0.3 is 15.8 Å². The van der Waals surface area contributed by atoms with Gasteiger partial charge in [0.05, 0.1) is 5.56 Å². The van der Waals surface area contributed by atoms with Crippen LogP contribution in [0.25, 0.3) is 0 Å². The van der Waals surface area contributed by atoms with Crippen LogP contribution in [0, 0.1) is 13.8 Å². The van der Waals surface area contributed by atoms with Crippen LogP contribution in [-0.2, 0) is 11.2 Å². The molecule has 0 unspecified atom stereocenters. The zero-order chi connectivity index (χ0) is 17.0. The molecule has 1 aromatic carbocycles. The van der Waals surface area contributed by atoms with E-state index in [2.05, 4.69) is 12.2 Å². The molecule has 1 aromatic heterocycles. The number of anilines is 1. The fraction of sp³-hybridized carbons (Fsp3) is 0.294. The molecule has 0 saturated carbocycles. The number of carbonyl (C=O) groups excluding carboxylic acids is 2. The Balaban J connectivity index is 1.99. The largest absolute Gasteiger partial charge is 0.484 e. The zero-order valence-electron chi connectivity index (χ0n) is 13.4. The van der Waals surface area contributed by atoms with Crippen molar-refractivity contribution in [1.29, 1.82) is 0 Å². The molecule has 6 heteroatoms. The van der Waals surface area contributed by atoms with Crippen LogP contribution in [0.15, 0.2) is 24.3 Å². The topological polar surface area (TPSA) is 81.4 Å². The lowest BCUT2D eigenvalue weighted by molar-refractivity contribution is -0.118. The first-order valence-electron chi connectivity index (χ1n) is 7.33. The quantitative estimate of drug-likeness (QED) is 0.853. The molecule has 1 heterocycles. The molecule has 122 valence electrons. The second-order valence-corrected chi connectivity index (χ2v) is 6.41. The van der Waals surface area contributed by atoms with Crippen LogP contribution < -0.4 is 15.8 Å². The maximum absolute atomic E-state index is 12.0. The third kappa shape index (κ3) is 4.10. The van der Waals surface area contributed by atoms with Crippen LogP contribution in [0.3, 0.4) is 0 Å². The lowest BCUT2D eigenvalue weighted by Gasteiger charge is -2.08. The average Bonchev–Trinajstić information content (AvgIpc) is 2.80. The Morgan fingerprint density at radius 1 is 1.22 bits per heavy atom. The SMILES string of the molecule is CCc1ccc(OCC(=O)Nc2sc(C)c(C)c2C(N)=O)cc1. The highest BCUT2D eigenvalue weighted by Gasteiger charge is 2.19. The number of nitrogens with two attached hydrogens (primary N) is 1. The molecule has 0 atom stereocenters. The fourth-order valence-corrected chi connectivity index (χ4v) is 3.23. The fourth-order valence-electron chi connectivity index (χ4n) is 2.14. The third-order valence-electron chi connectivity index (χ3n) is 3.59. The number of amides is 2. The van der Waals surface area contributed by atoms with Crippen LogP contribution in [0.5, 0.6) is 5.75 Å². The summed E-state index contributed by atoms with van der Waals surface area (Å²) in [5.41, 5.74) is 7.76. The lowest BCUT2D eigenvalue weighted by atomic mass is 10.1. The van der Waals surface area contributed by atoms with Gasteiger partial charge in [-0.1, -0.05) is 19.1 Å². The second-order valence-electron chi connectivity index (χ2n) is 5.19. The van der Waals surface area contributed by atoms with E-state index < -0.39 is 5.91 Å². The number of nitrogens with one attached hydrogen (secondary N) is 1. The highest BCUT2D eigenvalue weighted by molar-refractivity contribution is 7.16. The minimum absolute atomic E-state index is 0.125. The Morgan fingerprint density at radius 3 is 2.43 bits per heavy atom. The number of carbonyl (C=O) groups is 2. The molecule has 0 aliphatic rings.